The minimum absolute atomic E-state index is 0.233. The molecule has 6 nitrogen and oxygen atoms in total. The van der Waals surface area contributed by atoms with Crippen LogP contribution in [0.25, 0.3) is 0 Å². The van der Waals surface area contributed by atoms with Gasteiger partial charge in [0.2, 0.25) is 0 Å². The second-order valence-corrected chi connectivity index (χ2v) is 5.01. The van der Waals surface area contributed by atoms with Gasteiger partial charge in [-0.05, 0) is 30.3 Å². The van der Waals surface area contributed by atoms with Crippen molar-refractivity contribution in [2.75, 3.05) is 12.4 Å². The SMILES string of the molecule is COc1cccc(NC(=O)c2ccn(COc3ccccc3)n2)c1. The van der Waals surface area contributed by atoms with E-state index in [-0.39, 0.29) is 12.6 Å². The first-order valence-electron chi connectivity index (χ1n) is 7.41. The van der Waals surface area contributed by atoms with Crippen LogP contribution in [-0.4, -0.2) is 22.8 Å². The molecule has 0 saturated carbocycles. The van der Waals surface area contributed by atoms with Crippen LogP contribution in [0.2, 0.25) is 0 Å². The quantitative estimate of drug-likeness (QED) is 0.756. The highest BCUT2D eigenvalue weighted by Crippen LogP contribution is 2.17. The number of para-hydroxylation sites is 1. The van der Waals surface area contributed by atoms with Gasteiger partial charge in [-0.3, -0.25) is 4.79 Å². The van der Waals surface area contributed by atoms with Crippen molar-refractivity contribution < 1.29 is 14.3 Å². The van der Waals surface area contributed by atoms with Gasteiger partial charge in [-0.15, -0.1) is 0 Å². The van der Waals surface area contributed by atoms with Crippen molar-refractivity contribution in [3.05, 3.63) is 72.6 Å². The Labute approximate surface area is 139 Å². The maximum absolute atomic E-state index is 12.2. The van der Waals surface area contributed by atoms with Gasteiger partial charge in [0, 0.05) is 18.0 Å². The molecule has 0 unspecified atom stereocenters. The van der Waals surface area contributed by atoms with Crippen LogP contribution in [0.1, 0.15) is 10.5 Å². The molecule has 3 rings (SSSR count). The summed E-state index contributed by atoms with van der Waals surface area (Å²) >= 11 is 0. The summed E-state index contributed by atoms with van der Waals surface area (Å²) in [5.74, 6) is 1.13. The van der Waals surface area contributed by atoms with Gasteiger partial charge in [-0.25, -0.2) is 4.68 Å². The Morgan fingerprint density at radius 3 is 2.67 bits per heavy atom. The zero-order valence-corrected chi connectivity index (χ0v) is 13.2. The molecule has 1 N–H and O–H groups in total. The molecule has 24 heavy (non-hydrogen) atoms. The first kappa shape index (κ1) is 15.6. The monoisotopic (exact) mass is 323 g/mol. The lowest BCUT2D eigenvalue weighted by Gasteiger charge is -2.06. The molecule has 0 fully saturated rings. The van der Waals surface area contributed by atoms with Crippen LogP contribution in [0.5, 0.6) is 11.5 Å². The molecule has 6 heteroatoms. The lowest BCUT2D eigenvalue weighted by Crippen LogP contribution is -2.14. The molecular weight excluding hydrogens is 306 g/mol. The molecule has 0 spiro atoms. The van der Waals surface area contributed by atoms with E-state index in [1.54, 1.807) is 42.3 Å². The zero-order chi connectivity index (χ0) is 16.8. The summed E-state index contributed by atoms with van der Waals surface area (Å²) in [5, 5.41) is 7.00. The number of aromatic nitrogens is 2. The summed E-state index contributed by atoms with van der Waals surface area (Å²) in [6.45, 7) is 0.233. The molecule has 0 atom stereocenters. The van der Waals surface area contributed by atoms with Gasteiger partial charge in [-0.1, -0.05) is 24.3 Å². The third kappa shape index (κ3) is 3.92. The van der Waals surface area contributed by atoms with Crippen molar-refractivity contribution >= 4 is 11.6 Å². The van der Waals surface area contributed by atoms with Crippen LogP contribution in [0.4, 0.5) is 5.69 Å². The van der Waals surface area contributed by atoms with Crippen molar-refractivity contribution in [3.8, 4) is 11.5 Å². The summed E-state index contributed by atoms with van der Waals surface area (Å²) in [4.78, 5) is 12.2. The number of benzene rings is 2. The van der Waals surface area contributed by atoms with Crippen LogP contribution in [0.3, 0.4) is 0 Å². The maximum Gasteiger partial charge on any atom is 0.276 e. The number of rotatable bonds is 6. The Bertz CT molecular complexity index is 815. The Morgan fingerprint density at radius 2 is 1.88 bits per heavy atom. The molecule has 0 radical (unpaired) electrons. The van der Waals surface area contributed by atoms with E-state index in [0.29, 0.717) is 17.1 Å². The van der Waals surface area contributed by atoms with E-state index in [1.165, 1.54) is 0 Å². The molecule has 0 bridgehead atoms. The Hall–Kier alpha value is -3.28. The highest BCUT2D eigenvalue weighted by atomic mass is 16.5. The molecule has 1 heterocycles. The van der Waals surface area contributed by atoms with Gasteiger partial charge in [-0.2, -0.15) is 5.10 Å². The van der Waals surface area contributed by atoms with Crippen molar-refractivity contribution in [2.45, 2.75) is 6.73 Å². The minimum atomic E-state index is -0.290. The number of hydrogen-bond donors (Lipinski definition) is 1. The fourth-order valence-electron chi connectivity index (χ4n) is 2.11. The Balaban J connectivity index is 1.61. The van der Waals surface area contributed by atoms with Gasteiger partial charge < -0.3 is 14.8 Å². The normalized spacial score (nSPS) is 10.2. The minimum Gasteiger partial charge on any atom is -0.497 e. The molecular formula is C18H17N3O3. The van der Waals surface area contributed by atoms with E-state index in [4.69, 9.17) is 9.47 Å². The van der Waals surface area contributed by atoms with Gasteiger partial charge >= 0.3 is 0 Å². The van der Waals surface area contributed by atoms with E-state index in [0.717, 1.165) is 5.75 Å². The van der Waals surface area contributed by atoms with Crippen LogP contribution < -0.4 is 14.8 Å². The number of amides is 1. The predicted molar refractivity (Wildman–Crippen MR) is 90.2 cm³/mol. The van der Waals surface area contributed by atoms with Gasteiger partial charge in [0.05, 0.1) is 7.11 Å². The van der Waals surface area contributed by atoms with Crippen molar-refractivity contribution in [1.29, 1.82) is 0 Å². The molecule has 0 saturated heterocycles. The Morgan fingerprint density at radius 1 is 1.08 bits per heavy atom. The number of methoxy groups -OCH3 is 1. The summed E-state index contributed by atoms with van der Waals surface area (Å²) < 4.78 is 12.3. The fraction of sp³-hybridized carbons (Fsp3) is 0.111. The lowest BCUT2D eigenvalue weighted by molar-refractivity contribution is 0.102. The molecule has 0 aliphatic carbocycles. The number of nitrogens with zero attached hydrogens (tertiary/aromatic N) is 2. The van der Waals surface area contributed by atoms with Gasteiger partial charge in [0.1, 0.15) is 11.5 Å². The van der Waals surface area contributed by atoms with Crippen LogP contribution in [-0.2, 0) is 6.73 Å². The topological polar surface area (TPSA) is 65.4 Å². The summed E-state index contributed by atoms with van der Waals surface area (Å²) in [6.07, 6.45) is 1.70. The molecule has 3 aromatic rings. The van der Waals surface area contributed by atoms with Crippen molar-refractivity contribution in [3.63, 3.8) is 0 Å². The smallest absolute Gasteiger partial charge is 0.276 e. The van der Waals surface area contributed by atoms with E-state index in [9.17, 15) is 4.79 Å². The van der Waals surface area contributed by atoms with E-state index < -0.39 is 0 Å². The molecule has 0 aliphatic rings. The van der Waals surface area contributed by atoms with Crippen molar-refractivity contribution in [1.82, 2.24) is 9.78 Å². The number of nitrogens with one attached hydrogen (secondary N) is 1. The Kier molecular flexibility index (Phi) is 4.76. The number of carbonyl (C=O) groups excluding carboxylic acids is 1. The number of anilines is 1. The molecule has 1 aromatic heterocycles. The van der Waals surface area contributed by atoms with Crippen molar-refractivity contribution in [2.24, 2.45) is 0 Å². The maximum atomic E-state index is 12.2. The zero-order valence-electron chi connectivity index (χ0n) is 13.2. The van der Waals surface area contributed by atoms with E-state index >= 15 is 0 Å². The molecule has 1 amide bonds. The first-order valence-corrected chi connectivity index (χ1v) is 7.41. The summed E-state index contributed by atoms with van der Waals surface area (Å²) in [7, 11) is 1.58. The lowest BCUT2D eigenvalue weighted by atomic mass is 10.3. The molecule has 122 valence electrons. The first-order chi connectivity index (χ1) is 11.7. The van der Waals surface area contributed by atoms with Crippen LogP contribution in [0.15, 0.2) is 66.9 Å². The highest BCUT2D eigenvalue weighted by Gasteiger charge is 2.10. The largest absolute Gasteiger partial charge is 0.497 e. The second-order valence-electron chi connectivity index (χ2n) is 5.01. The molecule has 2 aromatic carbocycles. The summed E-state index contributed by atoms with van der Waals surface area (Å²) in [6, 6.07) is 18.2. The van der Waals surface area contributed by atoms with Crippen LogP contribution >= 0.6 is 0 Å². The third-order valence-electron chi connectivity index (χ3n) is 3.31. The van der Waals surface area contributed by atoms with E-state index in [1.807, 2.05) is 36.4 Å². The van der Waals surface area contributed by atoms with Gasteiger partial charge in [0.25, 0.3) is 5.91 Å². The predicted octanol–water partition coefficient (Wildman–Crippen LogP) is 3.18. The highest BCUT2D eigenvalue weighted by molar-refractivity contribution is 6.02. The second kappa shape index (κ2) is 7.32. The standard InChI is InChI=1S/C18H17N3O3/c1-23-16-9-5-6-14(12-16)19-18(22)17-10-11-21(20-17)13-24-15-7-3-2-4-8-15/h2-12H,13H2,1H3,(H,19,22). The van der Waals surface area contributed by atoms with E-state index in [2.05, 4.69) is 10.4 Å². The number of hydrogen-bond acceptors (Lipinski definition) is 4. The number of carbonyl (C=O) groups is 1. The number of ether oxygens (including phenoxy) is 2. The third-order valence-corrected chi connectivity index (χ3v) is 3.31. The van der Waals surface area contributed by atoms with Crippen LogP contribution in [0, 0.1) is 0 Å². The summed E-state index contributed by atoms with van der Waals surface area (Å²) in [5.41, 5.74) is 0.962. The average molecular weight is 323 g/mol. The molecule has 0 aliphatic heterocycles. The fourth-order valence-corrected chi connectivity index (χ4v) is 2.11. The average Bonchev–Trinajstić information content (AvgIpc) is 3.10. The van der Waals surface area contributed by atoms with Gasteiger partial charge in [0.15, 0.2) is 12.4 Å².